The van der Waals surface area contributed by atoms with Gasteiger partial charge in [0.2, 0.25) is 4.34 Å². The van der Waals surface area contributed by atoms with Gasteiger partial charge in [-0.1, -0.05) is 12.1 Å². The van der Waals surface area contributed by atoms with Gasteiger partial charge in [0, 0.05) is 14.1 Å². The van der Waals surface area contributed by atoms with E-state index in [9.17, 15) is 8.42 Å². The van der Waals surface area contributed by atoms with Crippen molar-refractivity contribution in [2.45, 2.75) is 4.34 Å². The topological polar surface area (TPSA) is 50.3 Å². The molecule has 4 nitrogen and oxygen atoms in total. The third-order valence-corrected chi connectivity index (χ3v) is 5.18. The van der Waals surface area contributed by atoms with Crippen LogP contribution in [0.5, 0.6) is 0 Å². The van der Waals surface area contributed by atoms with Crippen molar-refractivity contribution in [3.63, 3.8) is 0 Å². The number of sulfonamides is 1. The Morgan fingerprint density at radius 2 is 1.93 bits per heavy atom. The van der Waals surface area contributed by atoms with Crippen LogP contribution in [0.1, 0.15) is 0 Å². The van der Waals surface area contributed by atoms with Gasteiger partial charge in [-0.25, -0.2) is 17.7 Å². The molecular weight excluding hydrogens is 232 g/mol. The number of rotatable bonds is 2. The number of thiazole rings is 1. The van der Waals surface area contributed by atoms with Crippen molar-refractivity contribution in [3.05, 3.63) is 24.3 Å². The molecule has 0 saturated heterocycles. The summed E-state index contributed by atoms with van der Waals surface area (Å²) in [5, 5.41) is 0. The molecule has 0 spiro atoms. The van der Waals surface area contributed by atoms with Gasteiger partial charge in [0.05, 0.1) is 10.2 Å². The highest BCUT2D eigenvalue weighted by molar-refractivity contribution is 7.91. The van der Waals surface area contributed by atoms with Gasteiger partial charge in [-0.3, -0.25) is 0 Å². The summed E-state index contributed by atoms with van der Waals surface area (Å²) in [7, 11) is -0.395. The second-order valence-electron chi connectivity index (χ2n) is 3.23. The summed E-state index contributed by atoms with van der Waals surface area (Å²) >= 11 is 1.19. The summed E-state index contributed by atoms with van der Waals surface area (Å²) in [6.07, 6.45) is 0. The summed E-state index contributed by atoms with van der Waals surface area (Å²) < 4.78 is 25.8. The van der Waals surface area contributed by atoms with Crippen LogP contribution in [0.4, 0.5) is 0 Å². The summed E-state index contributed by atoms with van der Waals surface area (Å²) in [5.41, 5.74) is 0.725. The highest BCUT2D eigenvalue weighted by Crippen LogP contribution is 2.26. The van der Waals surface area contributed by atoms with Crippen LogP contribution < -0.4 is 0 Å². The lowest BCUT2D eigenvalue weighted by Gasteiger charge is -2.06. The largest absolute Gasteiger partial charge is 0.269 e. The molecule has 1 aromatic heterocycles. The van der Waals surface area contributed by atoms with E-state index in [2.05, 4.69) is 4.98 Å². The molecule has 1 heterocycles. The zero-order valence-electron chi connectivity index (χ0n) is 8.34. The van der Waals surface area contributed by atoms with Crippen LogP contribution in [0, 0.1) is 0 Å². The maximum absolute atomic E-state index is 11.8. The average molecular weight is 242 g/mol. The molecule has 0 aliphatic heterocycles. The van der Waals surface area contributed by atoms with Crippen LogP contribution in [0.15, 0.2) is 28.6 Å². The van der Waals surface area contributed by atoms with Crippen molar-refractivity contribution in [1.29, 1.82) is 0 Å². The van der Waals surface area contributed by atoms with Crippen molar-refractivity contribution in [3.8, 4) is 0 Å². The van der Waals surface area contributed by atoms with Gasteiger partial charge >= 0.3 is 0 Å². The zero-order chi connectivity index (χ0) is 11.1. The third kappa shape index (κ3) is 1.75. The predicted octanol–water partition coefficient (Wildman–Crippen LogP) is 1.55. The van der Waals surface area contributed by atoms with E-state index in [1.165, 1.54) is 29.7 Å². The molecule has 0 radical (unpaired) electrons. The van der Waals surface area contributed by atoms with E-state index >= 15 is 0 Å². The maximum atomic E-state index is 11.8. The van der Waals surface area contributed by atoms with Gasteiger partial charge in [0.25, 0.3) is 10.0 Å². The lowest BCUT2D eigenvalue weighted by Crippen LogP contribution is -2.21. The second kappa shape index (κ2) is 3.55. The molecule has 1 aromatic carbocycles. The fourth-order valence-electron chi connectivity index (χ4n) is 1.12. The average Bonchev–Trinajstić information content (AvgIpc) is 2.61. The molecule has 0 aliphatic rings. The van der Waals surface area contributed by atoms with Gasteiger partial charge < -0.3 is 0 Å². The summed E-state index contributed by atoms with van der Waals surface area (Å²) in [5.74, 6) is 0. The number of hydrogen-bond donors (Lipinski definition) is 0. The Labute approximate surface area is 92.2 Å². The van der Waals surface area contributed by atoms with Crippen LogP contribution in [-0.2, 0) is 10.0 Å². The first-order valence-electron chi connectivity index (χ1n) is 4.30. The maximum Gasteiger partial charge on any atom is 0.269 e. The Morgan fingerprint density at radius 3 is 2.53 bits per heavy atom. The van der Waals surface area contributed by atoms with Gasteiger partial charge in [-0.2, -0.15) is 0 Å². The summed E-state index contributed by atoms with van der Waals surface area (Å²) in [6, 6.07) is 7.38. The Kier molecular flexibility index (Phi) is 2.49. The van der Waals surface area contributed by atoms with Crippen molar-refractivity contribution in [2.24, 2.45) is 0 Å². The minimum absolute atomic E-state index is 0.147. The first-order valence-corrected chi connectivity index (χ1v) is 6.55. The van der Waals surface area contributed by atoms with E-state index < -0.39 is 10.0 Å². The monoisotopic (exact) mass is 242 g/mol. The molecule has 80 valence electrons. The molecule has 0 aliphatic carbocycles. The smallest absolute Gasteiger partial charge is 0.224 e. The fraction of sp³-hybridized carbons (Fsp3) is 0.222. The lowest BCUT2D eigenvalue weighted by molar-refractivity contribution is 0.520. The number of aromatic nitrogens is 1. The molecule has 15 heavy (non-hydrogen) atoms. The molecule has 2 rings (SSSR count). The first kappa shape index (κ1) is 10.5. The van der Waals surface area contributed by atoms with E-state index in [0.717, 1.165) is 10.2 Å². The Bertz CT molecular complexity index is 554. The molecule has 6 heteroatoms. The number of benzene rings is 1. The van der Waals surface area contributed by atoms with Crippen LogP contribution in [0.3, 0.4) is 0 Å². The molecule has 0 amide bonds. The van der Waals surface area contributed by atoms with E-state index in [1.54, 1.807) is 6.07 Å². The molecular formula is C9H10N2O2S2. The first-order chi connectivity index (χ1) is 7.01. The van der Waals surface area contributed by atoms with Gasteiger partial charge in [0.15, 0.2) is 0 Å². The highest BCUT2D eigenvalue weighted by atomic mass is 32.2. The van der Waals surface area contributed by atoms with Crippen LogP contribution in [0.25, 0.3) is 10.2 Å². The molecule has 0 atom stereocenters. The fourth-order valence-corrected chi connectivity index (χ4v) is 3.48. The molecule has 0 unspecified atom stereocenters. The van der Waals surface area contributed by atoms with Crippen LogP contribution in [0.2, 0.25) is 0 Å². The SMILES string of the molecule is CN(C)S(=O)(=O)c1nc2ccccc2s1. The van der Waals surface area contributed by atoms with Crippen molar-refractivity contribution in [1.82, 2.24) is 9.29 Å². The van der Waals surface area contributed by atoms with E-state index in [-0.39, 0.29) is 4.34 Å². The highest BCUT2D eigenvalue weighted by Gasteiger charge is 2.21. The predicted molar refractivity (Wildman–Crippen MR) is 60.5 cm³/mol. The molecule has 0 bridgehead atoms. The second-order valence-corrected chi connectivity index (χ2v) is 6.59. The van der Waals surface area contributed by atoms with Crippen molar-refractivity contribution < 1.29 is 8.42 Å². The van der Waals surface area contributed by atoms with Gasteiger partial charge in [0.1, 0.15) is 0 Å². The molecule has 2 aromatic rings. The minimum Gasteiger partial charge on any atom is -0.224 e. The standard InChI is InChI=1S/C9H10N2O2S2/c1-11(2)15(12,13)9-10-7-5-3-4-6-8(7)14-9/h3-6H,1-2H3. The minimum atomic E-state index is -3.40. The zero-order valence-corrected chi connectivity index (χ0v) is 9.97. The van der Waals surface area contributed by atoms with E-state index in [1.807, 2.05) is 18.2 Å². The Morgan fingerprint density at radius 1 is 1.27 bits per heavy atom. The molecule has 0 N–H and O–H groups in total. The Hall–Kier alpha value is -0.980. The Balaban J connectivity index is 2.64. The summed E-state index contributed by atoms with van der Waals surface area (Å²) in [6.45, 7) is 0. The molecule has 0 saturated carbocycles. The molecule has 0 fully saturated rings. The van der Waals surface area contributed by atoms with Crippen LogP contribution in [-0.4, -0.2) is 31.8 Å². The van der Waals surface area contributed by atoms with E-state index in [4.69, 9.17) is 0 Å². The van der Waals surface area contributed by atoms with Crippen molar-refractivity contribution in [2.75, 3.05) is 14.1 Å². The van der Waals surface area contributed by atoms with Crippen molar-refractivity contribution >= 4 is 31.6 Å². The van der Waals surface area contributed by atoms with Gasteiger partial charge in [-0.05, 0) is 12.1 Å². The van der Waals surface area contributed by atoms with Crippen LogP contribution >= 0.6 is 11.3 Å². The number of nitrogens with zero attached hydrogens (tertiary/aromatic N) is 2. The van der Waals surface area contributed by atoms with E-state index in [0.29, 0.717) is 0 Å². The number of para-hydroxylation sites is 1. The number of fused-ring (bicyclic) bond motifs is 1. The normalized spacial score (nSPS) is 12.5. The number of hydrogen-bond acceptors (Lipinski definition) is 4. The third-order valence-electron chi connectivity index (χ3n) is 1.98. The lowest BCUT2D eigenvalue weighted by atomic mass is 10.3. The quantitative estimate of drug-likeness (QED) is 0.802. The summed E-state index contributed by atoms with van der Waals surface area (Å²) in [4.78, 5) is 4.09. The van der Waals surface area contributed by atoms with Gasteiger partial charge in [-0.15, -0.1) is 11.3 Å².